The lowest BCUT2D eigenvalue weighted by atomic mass is 10.2. The Morgan fingerprint density at radius 2 is 2.24 bits per heavy atom. The highest BCUT2D eigenvalue weighted by Crippen LogP contribution is 2.31. The maximum absolute atomic E-state index is 5.83. The summed E-state index contributed by atoms with van der Waals surface area (Å²) in [6, 6.07) is 0.275. The highest BCUT2D eigenvalue weighted by molar-refractivity contribution is 9.10. The van der Waals surface area contributed by atoms with Crippen molar-refractivity contribution in [2.75, 3.05) is 30.9 Å². The van der Waals surface area contributed by atoms with Crippen molar-refractivity contribution in [1.29, 1.82) is 0 Å². The molecule has 5 heteroatoms. The second-order valence-electron chi connectivity index (χ2n) is 4.07. The highest BCUT2D eigenvalue weighted by Gasteiger charge is 2.18. The van der Waals surface area contributed by atoms with E-state index < -0.39 is 0 Å². The summed E-state index contributed by atoms with van der Waals surface area (Å²) < 4.78 is 6.15. The Morgan fingerprint density at radius 3 is 2.76 bits per heavy atom. The van der Waals surface area contributed by atoms with E-state index in [2.05, 4.69) is 39.7 Å². The molecule has 17 heavy (non-hydrogen) atoms. The van der Waals surface area contributed by atoms with Crippen molar-refractivity contribution in [3.8, 4) is 0 Å². The molecule has 0 aromatic carbocycles. The van der Waals surface area contributed by atoms with E-state index in [0.717, 1.165) is 22.4 Å². The van der Waals surface area contributed by atoms with Crippen LogP contribution in [-0.4, -0.2) is 31.3 Å². The average molecular weight is 302 g/mol. The molecule has 1 heterocycles. The van der Waals surface area contributed by atoms with Gasteiger partial charge in [0.15, 0.2) is 0 Å². The Balaban J connectivity index is 3.08. The first-order chi connectivity index (χ1) is 8.02. The first-order valence-electron chi connectivity index (χ1n) is 5.69. The summed E-state index contributed by atoms with van der Waals surface area (Å²) in [6.45, 7) is 7.75. The zero-order valence-electron chi connectivity index (χ0n) is 10.8. The fraction of sp³-hybridized carbons (Fsp3) is 0.583. The van der Waals surface area contributed by atoms with E-state index in [0.29, 0.717) is 12.3 Å². The Kier molecular flexibility index (Phi) is 5.21. The zero-order chi connectivity index (χ0) is 13.0. The van der Waals surface area contributed by atoms with E-state index in [-0.39, 0.29) is 6.04 Å². The molecular formula is C12H20BrN3O. The summed E-state index contributed by atoms with van der Waals surface area (Å²) in [5.41, 5.74) is 7.56. The van der Waals surface area contributed by atoms with Gasteiger partial charge in [-0.2, -0.15) is 0 Å². The van der Waals surface area contributed by atoms with E-state index >= 15 is 0 Å². The van der Waals surface area contributed by atoms with Crippen LogP contribution in [0.4, 0.5) is 11.5 Å². The lowest BCUT2D eigenvalue weighted by Gasteiger charge is -2.30. The molecule has 0 fully saturated rings. The zero-order valence-corrected chi connectivity index (χ0v) is 12.4. The van der Waals surface area contributed by atoms with Crippen LogP contribution in [0.3, 0.4) is 0 Å². The normalized spacial score (nSPS) is 12.5. The van der Waals surface area contributed by atoms with E-state index in [1.54, 1.807) is 13.3 Å². The fourth-order valence-corrected chi connectivity index (χ4v) is 2.34. The minimum absolute atomic E-state index is 0.275. The fourth-order valence-electron chi connectivity index (χ4n) is 1.78. The number of likely N-dealkylation sites (N-methyl/N-ethyl adjacent to an activating group) is 1. The van der Waals surface area contributed by atoms with Crippen molar-refractivity contribution < 1.29 is 4.74 Å². The molecule has 1 aromatic heterocycles. The monoisotopic (exact) mass is 301 g/mol. The van der Waals surface area contributed by atoms with Crippen LogP contribution in [0, 0.1) is 6.92 Å². The van der Waals surface area contributed by atoms with Gasteiger partial charge in [-0.15, -0.1) is 0 Å². The average Bonchev–Trinajstić information content (AvgIpc) is 2.30. The molecule has 0 aliphatic heterocycles. The summed E-state index contributed by atoms with van der Waals surface area (Å²) in [6.07, 6.45) is 1.71. The van der Waals surface area contributed by atoms with Gasteiger partial charge in [0.2, 0.25) is 0 Å². The van der Waals surface area contributed by atoms with Gasteiger partial charge in [0, 0.05) is 13.7 Å². The maximum Gasteiger partial charge on any atom is 0.143 e. The van der Waals surface area contributed by atoms with Crippen LogP contribution in [0.15, 0.2) is 10.7 Å². The molecule has 4 nitrogen and oxygen atoms in total. The van der Waals surface area contributed by atoms with E-state index in [1.165, 1.54) is 0 Å². The molecule has 0 radical (unpaired) electrons. The van der Waals surface area contributed by atoms with Crippen LogP contribution < -0.4 is 10.6 Å². The van der Waals surface area contributed by atoms with Gasteiger partial charge in [-0.05, 0) is 42.3 Å². The van der Waals surface area contributed by atoms with Crippen molar-refractivity contribution in [2.24, 2.45) is 0 Å². The van der Waals surface area contributed by atoms with Crippen LogP contribution in [0.5, 0.6) is 0 Å². The SMILES string of the molecule is CCN(c1ncc(N)c(C)c1Br)C(C)COC. The second-order valence-corrected chi connectivity index (χ2v) is 4.86. The Labute approximate surface area is 111 Å². The van der Waals surface area contributed by atoms with E-state index in [9.17, 15) is 0 Å². The molecular weight excluding hydrogens is 282 g/mol. The predicted molar refractivity (Wildman–Crippen MR) is 75.4 cm³/mol. The largest absolute Gasteiger partial charge is 0.397 e. The molecule has 1 unspecified atom stereocenters. The minimum atomic E-state index is 0.275. The third kappa shape index (κ3) is 3.10. The molecule has 1 rings (SSSR count). The van der Waals surface area contributed by atoms with Crippen molar-refractivity contribution in [1.82, 2.24) is 4.98 Å². The first kappa shape index (κ1) is 14.3. The predicted octanol–water partition coefficient (Wildman–Crippen LogP) is 2.60. The smallest absolute Gasteiger partial charge is 0.143 e. The van der Waals surface area contributed by atoms with Gasteiger partial charge in [-0.3, -0.25) is 0 Å². The minimum Gasteiger partial charge on any atom is -0.397 e. The topological polar surface area (TPSA) is 51.4 Å². The Hall–Kier alpha value is -0.810. The first-order valence-corrected chi connectivity index (χ1v) is 6.48. The number of halogens is 1. The van der Waals surface area contributed by atoms with Crippen LogP contribution in [0.25, 0.3) is 0 Å². The van der Waals surface area contributed by atoms with Gasteiger partial charge in [0.05, 0.1) is 29.0 Å². The Bertz CT molecular complexity index is 384. The van der Waals surface area contributed by atoms with E-state index in [4.69, 9.17) is 10.5 Å². The molecule has 0 bridgehead atoms. The molecule has 0 aliphatic rings. The van der Waals surface area contributed by atoms with Crippen LogP contribution in [-0.2, 0) is 4.74 Å². The number of methoxy groups -OCH3 is 1. The number of rotatable bonds is 5. The van der Waals surface area contributed by atoms with E-state index in [1.807, 2.05) is 6.92 Å². The Morgan fingerprint density at radius 1 is 1.59 bits per heavy atom. The molecule has 0 spiro atoms. The molecule has 1 atom stereocenters. The lowest BCUT2D eigenvalue weighted by Crippen LogP contribution is -2.37. The van der Waals surface area contributed by atoms with Crippen LogP contribution >= 0.6 is 15.9 Å². The second kappa shape index (κ2) is 6.21. The van der Waals surface area contributed by atoms with Gasteiger partial charge in [-0.1, -0.05) is 0 Å². The number of nitrogens with two attached hydrogens (primary N) is 1. The molecule has 0 saturated carbocycles. The number of nitrogen functional groups attached to an aromatic ring is 1. The molecule has 2 N–H and O–H groups in total. The number of anilines is 2. The van der Waals surface area contributed by atoms with Crippen molar-refractivity contribution >= 4 is 27.4 Å². The third-order valence-corrected chi connectivity index (χ3v) is 3.79. The summed E-state index contributed by atoms with van der Waals surface area (Å²) in [4.78, 5) is 6.61. The van der Waals surface area contributed by atoms with Gasteiger partial charge >= 0.3 is 0 Å². The number of pyridine rings is 1. The highest BCUT2D eigenvalue weighted by atomic mass is 79.9. The number of hydrogen-bond donors (Lipinski definition) is 1. The number of ether oxygens (including phenoxy) is 1. The molecule has 0 amide bonds. The van der Waals surface area contributed by atoms with Crippen LogP contribution in [0.2, 0.25) is 0 Å². The van der Waals surface area contributed by atoms with Crippen LogP contribution in [0.1, 0.15) is 19.4 Å². The van der Waals surface area contributed by atoms with Gasteiger partial charge in [0.25, 0.3) is 0 Å². The number of aromatic nitrogens is 1. The van der Waals surface area contributed by atoms with Crippen molar-refractivity contribution in [3.63, 3.8) is 0 Å². The van der Waals surface area contributed by atoms with Gasteiger partial charge < -0.3 is 15.4 Å². The molecule has 0 aliphatic carbocycles. The molecule has 1 aromatic rings. The number of hydrogen-bond acceptors (Lipinski definition) is 4. The summed E-state index contributed by atoms with van der Waals surface area (Å²) in [5.74, 6) is 0.920. The number of nitrogens with zero attached hydrogens (tertiary/aromatic N) is 2. The van der Waals surface area contributed by atoms with Gasteiger partial charge in [0.1, 0.15) is 5.82 Å². The quantitative estimate of drug-likeness (QED) is 0.908. The third-order valence-electron chi connectivity index (χ3n) is 2.84. The summed E-state index contributed by atoms with van der Waals surface area (Å²) in [5, 5.41) is 0. The summed E-state index contributed by atoms with van der Waals surface area (Å²) >= 11 is 3.57. The van der Waals surface area contributed by atoms with Crippen molar-refractivity contribution in [3.05, 3.63) is 16.2 Å². The maximum atomic E-state index is 5.83. The standard InChI is InChI=1S/C12H20BrN3O/c1-5-16(8(2)7-17-4)12-11(13)9(3)10(14)6-15-12/h6,8H,5,7,14H2,1-4H3. The molecule has 0 saturated heterocycles. The summed E-state index contributed by atoms with van der Waals surface area (Å²) in [7, 11) is 1.71. The molecule has 96 valence electrons. The van der Waals surface area contributed by atoms with Crippen molar-refractivity contribution in [2.45, 2.75) is 26.8 Å². The lowest BCUT2D eigenvalue weighted by molar-refractivity contribution is 0.181. The van der Waals surface area contributed by atoms with Gasteiger partial charge in [-0.25, -0.2) is 4.98 Å².